The van der Waals surface area contributed by atoms with Gasteiger partial charge in [0.25, 0.3) is 7.82 Å². The van der Waals surface area contributed by atoms with E-state index in [0.29, 0.717) is 23.9 Å². The Bertz CT molecular complexity index is 2100. The largest absolute Gasteiger partial charge is 0.756 e. The van der Waals surface area contributed by atoms with Crippen LogP contribution in [0.25, 0.3) is 0 Å². The minimum Gasteiger partial charge on any atom is -0.756 e. The topological polar surface area (TPSA) is 111 Å². The number of nitrogens with zero attached hydrogens (tertiary/aromatic N) is 1. The van der Waals surface area contributed by atoms with E-state index in [1.54, 1.807) is 0 Å². The minimum absolute atomic E-state index is 0.0474. The number of hydrogen-bond donors (Lipinski definition) is 0. The Balaban J connectivity index is 4.13. The Kier molecular flexibility index (Phi) is 60.9. The highest BCUT2D eigenvalue weighted by Crippen LogP contribution is 2.38. The lowest BCUT2D eigenvalue weighted by molar-refractivity contribution is -0.870. The number of quaternary nitrogens is 1. The lowest BCUT2D eigenvalue weighted by Gasteiger charge is -2.28. The van der Waals surface area contributed by atoms with Gasteiger partial charge in [0.2, 0.25) is 0 Å². The molecule has 9 nitrogen and oxygen atoms in total. The SMILES string of the molecule is CC/C=C\C/C=C\C/C=C\C/C=C\C/C=C\C/C=C\C/C=C\C/C=C\C/C=C\CCCCCCCCCCCCCCCC(=O)OC(COC(=O)CCCC/C=C\C/C=C\C/C=C\C/C=C\C/C=C\C/C=C\CC)COP(=O)([O-])OCC[N+](C)(C)C. The predicted molar refractivity (Wildman–Crippen MR) is 369 cm³/mol. The van der Waals surface area contributed by atoms with Gasteiger partial charge in [0.15, 0.2) is 6.10 Å². The van der Waals surface area contributed by atoms with Crippen molar-refractivity contribution in [2.75, 3.05) is 47.5 Å². The molecule has 0 saturated heterocycles. The number of ether oxygens (including phenoxy) is 2. The van der Waals surface area contributed by atoms with E-state index in [1.807, 2.05) is 21.1 Å². The monoisotopic (exact) mass is 1210 g/mol. The fourth-order valence-electron chi connectivity index (χ4n) is 8.36. The smallest absolute Gasteiger partial charge is 0.306 e. The van der Waals surface area contributed by atoms with E-state index in [-0.39, 0.29) is 26.1 Å². The van der Waals surface area contributed by atoms with Crippen LogP contribution in [-0.4, -0.2) is 70.0 Å². The molecule has 86 heavy (non-hydrogen) atoms. The van der Waals surface area contributed by atoms with E-state index >= 15 is 0 Å². The van der Waals surface area contributed by atoms with E-state index in [4.69, 9.17) is 18.5 Å². The van der Waals surface area contributed by atoms with Crippen LogP contribution in [0, 0.1) is 0 Å². The van der Waals surface area contributed by atoms with Crippen molar-refractivity contribution in [3.05, 3.63) is 182 Å². The van der Waals surface area contributed by atoms with Crippen molar-refractivity contribution in [3.8, 4) is 0 Å². The van der Waals surface area contributed by atoms with Crippen LogP contribution in [0.15, 0.2) is 182 Å². The zero-order chi connectivity index (χ0) is 62.6. The van der Waals surface area contributed by atoms with E-state index in [2.05, 4.69) is 196 Å². The molecular weight excluding hydrogens is 1090 g/mol. The van der Waals surface area contributed by atoms with E-state index in [9.17, 15) is 19.0 Å². The summed E-state index contributed by atoms with van der Waals surface area (Å²) in [5.41, 5.74) is 0. The summed E-state index contributed by atoms with van der Waals surface area (Å²) in [6.07, 6.45) is 99.7. The van der Waals surface area contributed by atoms with Crippen LogP contribution in [0.3, 0.4) is 0 Å². The van der Waals surface area contributed by atoms with Gasteiger partial charge in [0, 0.05) is 12.8 Å². The number of carbonyl (C=O) groups is 2. The number of rotatable bonds is 59. The first-order chi connectivity index (χ1) is 42.0. The molecule has 0 spiro atoms. The molecule has 2 atom stereocenters. The first kappa shape index (κ1) is 81.1. The molecule has 0 rings (SSSR count). The molecule has 0 aromatic carbocycles. The number of carbonyl (C=O) groups excluding carboxylic acids is 2. The molecule has 0 heterocycles. The highest BCUT2D eigenvalue weighted by Gasteiger charge is 2.22. The second kappa shape index (κ2) is 64.6. The molecule has 0 N–H and O–H groups in total. The van der Waals surface area contributed by atoms with Crippen molar-refractivity contribution in [2.45, 2.75) is 238 Å². The zero-order valence-electron chi connectivity index (χ0n) is 54.9. The molecule has 0 radical (unpaired) electrons. The van der Waals surface area contributed by atoms with Gasteiger partial charge in [-0.2, -0.15) is 0 Å². The third-order valence-corrected chi connectivity index (χ3v) is 14.4. The first-order valence-corrected chi connectivity index (χ1v) is 35.0. The summed E-state index contributed by atoms with van der Waals surface area (Å²) in [5, 5.41) is 0. The fourth-order valence-corrected chi connectivity index (χ4v) is 9.09. The maximum atomic E-state index is 12.8. The molecule has 484 valence electrons. The van der Waals surface area contributed by atoms with Gasteiger partial charge in [-0.3, -0.25) is 14.2 Å². The van der Waals surface area contributed by atoms with Gasteiger partial charge in [-0.05, 0) is 135 Å². The number of allylic oxidation sites excluding steroid dienone is 30. The number of likely N-dealkylation sites (N-methyl/N-ethyl adjacent to an activating group) is 1. The highest BCUT2D eigenvalue weighted by atomic mass is 31.2. The number of hydrogen-bond acceptors (Lipinski definition) is 8. The minimum atomic E-state index is -4.66. The molecule has 0 fully saturated rings. The van der Waals surface area contributed by atoms with E-state index in [1.165, 1.54) is 64.2 Å². The third kappa shape index (κ3) is 68.2. The van der Waals surface area contributed by atoms with Crippen molar-refractivity contribution < 1.29 is 42.1 Å². The van der Waals surface area contributed by atoms with Crippen molar-refractivity contribution >= 4 is 19.8 Å². The molecule has 0 bridgehead atoms. The van der Waals surface area contributed by atoms with Crippen molar-refractivity contribution in [1.82, 2.24) is 0 Å². The molecule has 0 saturated carbocycles. The molecular formula is C76H122NO8P. The Morgan fingerprint density at radius 3 is 0.953 bits per heavy atom. The molecule has 0 amide bonds. The normalized spacial score (nSPS) is 14.3. The number of phosphoric acid groups is 1. The summed E-state index contributed by atoms with van der Waals surface area (Å²) in [5.74, 6) is -0.897. The first-order valence-electron chi connectivity index (χ1n) is 33.5. The highest BCUT2D eigenvalue weighted by molar-refractivity contribution is 7.45. The van der Waals surface area contributed by atoms with Crippen molar-refractivity contribution in [1.29, 1.82) is 0 Å². The maximum absolute atomic E-state index is 12.8. The van der Waals surface area contributed by atoms with Crippen LogP contribution in [0.1, 0.15) is 232 Å². The molecule has 2 unspecified atom stereocenters. The van der Waals surface area contributed by atoms with E-state index < -0.39 is 32.5 Å². The lowest BCUT2D eigenvalue weighted by atomic mass is 10.0. The number of esters is 2. The quantitative estimate of drug-likeness (QED) is 0.0195. The van der Waals surface area contributed by atoms with Crippen molar-refractivity contribution in [3.63, 3.8) is 0 Å². The summed E-state index contributed by atoms with van der Waals surface area (Å²) in [4.78, 5) is 38.0. The van der Waals surface area contributed by atoms with Crippen LogP contribution >= 0.6 is 7.82 Å². The van der Waals surface area contributed by atoms with Crippen LogP contribution in [-0.2, 0) is 32.7 Å². The Hall–Kier alpha value is -4.89. The Labute approximate surface area is 527 Å². The third-order valence-electron chi connectivity index (χ3n) is 13.4. The maximum Gasteiger partial charge on any atom is 0.306 e. The van der Waals surface area contributed by atoms with Gasteiger partial charge in [-0.15, -0.1) is 0 Å². The lowest BCUT2D eigenvalue weighted by Crippen LogP contribution is -2.37. The summed E-state index contributed by atoms with van der Waals surface area (Å²) in [6.45, 7) is 3.94. The standard InChI is InChI=1S/C76H122NO8P/c1-6-8-10-12-14-16-18-20-22-24-26-28-29-30-31-32-33-34-35-36-37-38-39-40-41-42-43-44-45-46-47-49-51-53-55-57-59-61-63-65-67-69-76(79)85-74(73-84-86(80,81)83-71-70-77(3,4)5)72-82-75(78)68-66-64-62-60-58-56-54-52-50-48-27-25-23-21-19-17-15-13-11-9-7-2/h8-11,14-17,20-23,26-28,30-31,33-34,36-37,39-40,42-43,48,52,54,58,60,74H,6-7,12-13,18-19,24-25,29,32,35,38,41,44-47,49-51,53,55-57,59,61-73H2,1-5H3/b10-8-,11-9-,16-14-,17-15-,22-20-,23-21-,28-26-,31-30-,34-33-,37-36-,40-39-,43-42-,48-27-,54-52-,60-58-. The molecule has 0 aliphatic heterocycles. The van der Waals surface area contributed by atoms with Gasteiger partial charge in [-0.25, -0.2) is 0 Å². The van der Waals surface area contributed by atoms with Crippen LogP contribution < -0.4 is 4.89 Å². The summed E-state index contributed by atoms with van der Waals surface area (Å²) >= 11 is 0. The average Bonchev–Trinajstić information content (AvgIpc) is 3.70. The average molecular weight is 1210 g/mol. The number of unbranched alkanes of at least 4 members (excludes halogenated alkanes) is 15. The molecule has 0 aliphatic rings. The van der Waals surface area contributed by atoms with Gasteiger partial charge < -0.3 is 27.9 Å². The summed E-state index contributed by atoms with van der Waals surface area (Å²) in [7, 11) is 1.12. The molecule has 10 heteroatoms. The van der Waals surface area contributed by atoms with Gasteiger partial charge in [0.05, 0.1) is 27.7 Å². The second-order valence-electron chi connectivity index (χ2n) is 22.7. The Morgan fingerprint density at radius 1 is 0.360 bits per heavy atom. The second-order valence-corrected chi connectivity index (χ2v) is 24.1. The molecule has 0 aliphatic carbocycles. The zero-order valence-corrected chi connectivity index (χ0v) is 55.8. The van der Waals surface area contributed by atoms with Gasteiger partial charge in [0.1, 0.15) is 19.8 Å². The van der Waals surface area contributed by atoms with E-state index in [0.717, 1.165) is 128 Å². The van der Waals surface area contributed by atoms with Crippen molar-refractivity contribution in [2.24, 2.45) is 0 Å². The van der Waals surface area contributed by atoms with Crippen LogP contribution in [0.5, 0.6) is 0 Å². The molecule has 0 aromatic rings. The van der Waals surface area contributed by atoms with Crippen LogP contribution in [0.4, 0.5) is 0 Å². The predicted octanol–water partition coefficient (Wildman–Crippen LogP) is 21.3. The van der Waals surface area contributed by atoms with Crippen LogP contribution in [0.2, 0.25) is 0 Å². The molecule has 0 aromatic heterocycles. The summed E-state index contributed by atoms with van der Waals surface area (Å²) in [6, 6.07) is 0. The van der Waals surface area contributed by atoms with Gasteiger partial charge in [-0.1, -0.05) is 267 Å². The Morgan fingerprint density at radius 2 is 0.628 bits per heavy atom. The fraction of sp³-hybridized carbons (Fsp3) is 0.579. The summed E-state index contributed by atoms with van der Waals surface area (Å²) < 4.78 is 34.2. The number of phosphoric ester groups is 1. The van der Waals surface area contributed by atoms with Gasteiger partial charge >= 0.3 is 11.9 Å².